The Balaban J connectivity index is 4.76. The summed E-state index contributed by atoms with van der Waals surface area (Å²) in [7, 11) is 0.788. The van der Waals surface area contributed by atoms with E-state index in [-0.39, 0.29) is 0 Å². The fourth-order valence-corrected chi connectivity index (χ4v) is 4.50. The molecule has 0 aliphatic rings. The zero-order valence-corrected chi connectivity index (χ0v) is 12.7. The van der Waals surface area contributed by atoms with Gasteiger partial charge in [0, 0.05) is 0 Å². The Morgan fingerprint density at radius 3 is 1.80 bits per heavy atom. The van der Waals surface area contributed by atoms with E-state index in [0.29, 0.717) is 18.2 Å². The van der Waals surface area contributed by atoms with Crippen molar-refractivity contribution in [3.63, 3.8) is 0 Å². The third-order valence-corrected chi connectivity index (χ3v) is 5.60. The summed E-state index contributed by atoms with van der Waals surface area (Å²) in [6.07, 6.45) is 0.650. The summed E-state index contributed by atoms with van der Waals surface area (Å²) in [6, 6.07) is 0.490. The number of hydrogen-bond acceptors (Lipinski definition) is 1. The van der Waals surface area contributed by atoms with Crippen LogP contribution in [-0.2, 0) is 0 Å². The zero-order chi connectivity index (χ0) is 12.4. The molecule has 15 heavy (non-hydrogen) atoms. The molecule has 3 heteroatoms. The molecule has 0 N–H and O–H groups in total. The number of hydrogen-bond donors (Lipinski definition) is 0. The van der Waals surface area contributed by atoms with Gasteiger partial charge in [0.1, 0.15) is 0 Å². The van der Waals surface area contributed by atoms with Gasteiger partial charge in [0.25, 0.3) is 0 Å². The van der Waals surface area contributed by atoms with Gasteiger partial charge in [0.2, 0.25) is 0 Å². The Morgan fingerprint density at radius 2 is 1.60 bits per heavy atom. The van der Waals surface area contributed by atoms with E-state index < -0.39 is 12.9 Å². The molecule has 0 aromatic carbocycles. The molecule has 1 atom stereocenters. The van der Waals surface area contributed by atoms with Crippen molar-refractivity contribution in [3.8, 4) is 0 Å². The minimum atomic E-state index is -1.34. The molecule has 0 rings (SSSR count). The van der Waals surface area contributed by atoms with Crippen LogP contribution in [0, 0.1) is 0 Å². The van der Waals surface area contributed by atoms with Crippen molar-refractivity contribution in [3.05, 3.63) is 0 Å². The van der Waals surface area contributed by atoms with Gasteiger partial charge in [0.05, 0.1) is 0 Å². The molecule has 0 heterocycles. The topological polar surface area (TPSA) is 3.24 Å². The van der Waals surface area contributed by atoms with Crippen LogP contribution in [0.3, 0.4) is 0 Å². The summed E-state index contributed by atoms with van der Waals surface area (Å²) in [4.78, 5) is 2.34. The van der Waals surface area contributed by atoms with E-state index in [0.717, 1.165) is 0 Å². The van der Waals surface area contributed by atoms with Crippen molar-refractivity contribution in [2.75, 3.05) is 27.0 Å². The molecule has 0 saturated heterocycles. The summed E-state index contributed by atoms with van der Waals surface area (Å²) >= 11 is 0. The van der Waals surface area contributed by atoms with Crippen molar-refractivity contribution < 1.29 is 4.39 Å². The maximum absolute atomic E-state index is 13.8. The summed E-state index contributed by atoms with van der Waals surface area (Å²) in [6.45, 7) is 14.7. The number of alkyl halides is 1. The molecule has 0 spiro atoms. The molecule has 1 nitrogen and oxygen atoms in total. The van der Waals surface area contributed by atoms with E-state index in [2.05, 4.69) is 45.8 Å². The minimum absolute atomic E-state index is 0.414. The van der Waals surface area contributed by atoms with Crippen molar-refractivity contribution in [1.29, 1.82) is 0 Å². The molecular weight excluding hydrogens is 208 g/mol. The molecule has 0 aliphatic heterocycles. The Bertz CT molecular complexity index is 191. The summed E-state index contributed by atoms with van der Waals surface area (Å²) in [5.41, 5.74) is -1.06. The van der Waals surface area contributed by atoms with Crippen LogP contribution in [0.4, 0.5) is 4.39 Å². The molecule has 0 bridgehead atoms. The second kappa shape index (κ2) is 5.10. The Labute approximate surface area is 95.8 Å². The van der Waals surface area contributed by atoms with Crippen molar-refractivity contribution in [2.45, 2.75) is 51.6 Å². The van der Waals surface area contributed by atoms with Gasteiger partial charge in [-0.3, -0.25) is 0 Å². The molecule has 94 valence electrons. The Kier molecular flexibility index (Phi) is 5.21. The number of nitrogens with zero attached hydrogens (tertiary/aromatic N) is 1. The molecule has 0 amide bonds. The van der Waals surface area contributed by atoms with Crippen LogP contribution in [0.25, 0.3) is 0 Å². The van der Waals surface area contributed by atoms with Crippen LogP contribution in [-0.4, -0.2) is 49.4 Å². The van der Waals surface area contributed by atoms with Crippen LogP contribution in [0.15, 0.2) is 0 Å². The molecule has 0 aromatic rings. The molecule has 0 fully saturated rings. The first kappa shape index (κ1) is 15.3. The fourth-order valence-electron chi connectivity index (χ4n) is 1.88. The molecule has 0 radical (unpaired) electrons. The first-order valence-electron chi connectivity index (χ1n) is 5.86. The summed E-state index contributed by atoms with van der Waals surface area (Å²) in [5, 5.41) is 0. The average molecular weight is 237 g/mol. The van der Waals surface area contributed by atoms with E-state index in [1.54, 1.807) is 13.8 Å². The van der Waals surface area contributed by atoms with Gasteiger partial charge in [-0.1, -0.05) is 0 Å². The normalized spacial score (nSPS) is 17.3. The summed E-state index contributed by atoms with van der Waals surface area (Å²) in [5.74, 6) is 0.414. The third-order valence-electron chi connectivity index (χ3n) is 2.98. The predicted molar refractivity (Wildman–Crippen MR) is 72.6 cm³/mol. The van der Waals surface area contributed by atoms with Gasteiger partial charge in [-0.2, -0.15) is 0 Å². The van der Waals surface area contributed by atoms with Crippen LogP contribution < -0.4 is 0 Å². The fraction of sp³-hybridized carbons (Fsp3) is 1.00. The van der Waals surface area contributed by atoms with Gasteiger partial charge in [-0.25, -0.2) is 0 Å². The van der Waals surface area contributed by atoms with Gasteiger partial charge in [-0.05, 0) is 0 Å². The van der Waals surface area contributed by atoms with Gasteiger partial charge in [0.15, 0.2) is 0 Å². The van der Waals surface area contributed by atoms with Crippen LogP contribution >= 0.6 is 7.26 Å². The first-order chi connectivity index (χ1) is 6.45. The van der Waals surface area contributed by atoms with E-state index >= 15 is 0 Å². The van der Waals surface area contributed by atoms with Crippen LogP contribution in [0.2, 0.25) is 0 Å². The average Bonchev–Trinajstić information content (AvgIpc) is 1.94. The molecule has 1 unspecified atom stereocenters. The number of halogens is 1. The summed E-state index contributed by atoms with van der Waals surface area (Å²) < 4.78 is 13.8. The van der Waals surface area contributed by atoms with Crippen LogP contribution in [0.1, 0.15) is 34.1 Å². The number of rotatable bonds is 5. The second-order valence-electron chi connectivity index (χ2n) is 6.56. The van der Waals surface area contributed by atoms with Crippen LogP contribution in [0.5, 0.6) is 0 Å². The van der Waals surface area contributed by atoms with Gasteiger partial charge in [-0.15, -0.1) is 0 Å². The van der Waals surface area contributed by atoms with Gasteiger partial charge < -0.3 is 0 Å². The van der Waals surface area contributed by atoms with E-state index in [1.165, 1.54) is 0 Å². The van der Waals surface area contributed by atoms with Gasteiger partial charge >= 0.3 is 95.2 Å². The van der Waals surface area contributed by atoms with E-state index in [9.17, 15) is 4.39 Å². The Morgan fingerprint density at radius 1 is 1.20 bits per heavy atom. The molecule has 0 aliphatic carbocycles. The molecular formula is C12H29FNP. The molecule has 0 aromatic heterocycles. The second-order valence-corrected chi connectivity index (χ2v) is 12.0. The third kappa shape index (κ3) is 5.82. The van der Waals surface area contributed by atoms with E-state index in [4.69, 9.17) is 0 Å². The quantitative estimate of drug-likeness (QED) is 0.662. The zero-order valence-electron chi connectivity index (χ0n) is 11.7. The first-order valence-corrected chi connectivity index (χ1v) is 9.44. The van der Waals surface area contributed by atoms with Crippen molar-refractivity contribution >= 4 is 7.26 Å². The molecule has 0 saturated carbocycles. The van der Waals surface area contributed by atoms with E-state index in [1.807, 2.05) is 0 Å². The standard InChI is InChI=1S/C12H29FNP/c1-10(2)14(5)11(15(6,7)8)9-12(3,4)13/h10-11,15H,9H2,1-8H3. The monoisotopic (exact) mass is 237 g/mol. The maximum atomic E-state index is 13.8. The van der Waals surface area contributed by atoms with Crippen molar-refractivity contribution in [1.82, 2.24) is 4.90 Å². The Hall–Kier alpha value is 0.320. The SMILES string of the molecule is CC(C)N(C)C(CC(C)(C)F)[PH](C)(C)C. The van der Waals surface area contributed by atoms with Crippen molar-refractivity contribution in [2.24, 2.45) is 0 Å². The predicted octanol–water partition coefficient (Wildman–Crippen LogP) is 3.43.